The summed E-state index contributed by atoms with van der Waals surface area (Å²) >= 11 is 0. The van der Waals surface area contributed by atoms with Gasteiger partial charge in [0.1, 0.15) is 11.4 Å². The first-order valence-electron chi connectivity index (χ1n) is 7.81. The largest absolute Gasteiger partial charge is 2.00 e. The molecule has 4 rings (SSSR count). The molecule has 0 unspecified atom stereocenters. The van der Waals surface area contributed by atoms with Crippen LogP contribution in [0.5, 0.6) is 0 Å². The van der Waals surface area contributed by atoms with Gasteiger partial charge in [0.25, 0.3) is 0 Å². The van der Waals surface area contributed by atoms with E-state index in [-0.39, 0.29) is 26.8 Å². The monoisotopic (exact) mass is 568 g/mol. The maximum Gasteiger partial charge on any atom is 2.00 e. The van der Waals surface area contributed by atoms with E-state index >= 15 is 0 Å². The summed E-state index contributed by atoms with van der Waals surface area (Å²) in [6.07, 6.45) is -2.71. The summed E-state index contributed by atoms with van der Waals surface area (Å²) in [5.74, 6) is 0. The number of alkyl halides is 3. The van der Waals surface area contributed by atoms with Crippen molar-refractivity contribution >= 4 is 0 Å². The van der Waals surface area contributed by atoms with Crippen LogP contribution in [0.25, 0.3) is 22.8 Å². The molecule has 11 heteroatoms. The molecule has 0 aliphatic carbocycles. The van der Waals surface area contributed by atoms with Crippen LogP contribution in [0, 0.1) is 13.8 Å². The maximum absolute atomic E-state index is 12.2. The Hall–Kier alpha value is -2.74. The van der Waals surface area contributed by atoms with Crippen molar-refractivity contribution in [2.75, 3.05) is 0 Å². The molecule has 28 heavy (non-hydrogen) atoms. The summed E-state index contributed by atoms with van der Waals surface area (Å²) in [4.78, 5) is 4.18. The van der Waals surface area contributed by atoms with Crippen molar-refractivity contribution in [3.8, 4) is 22.8 Å². The van der Waals surface area contributed by atoms with Crippen LogP contribution in [0.2, 0.25) is 0 Å². The summed E-state index contributed by atoms with van der Waals surface area (Å²) < 4.78 is 36.6. The third kappa shape index (κ3) is 5.38. The number of hydrogen-bond donors (Lipinski definition) is 1. The molecule has 148 valence electrons. The van der Waals surface area contributed by atoms with Gasteiger partial charge in [-0.3, -0.25) is 10.1 Å². The Balaban J connectivity index is 0.000000198. The number of pyridine rings is 1. The van der Waals surface area contributed by atoms with E-state index in [1.54, 1.807) is 19.2 Å². The molecule has 0 saturated heterocycles. The Kier molecular flexibility index (Phi) is 6.90. The standard InChI is InChI=1S/C9H9N3.C8H5F3N4.Pt/c1-7-6-9(12-11-7)8-4-2-3-5-10-8;1-4-2-5(13-12-4)6-3-7(15-14-6)8(9,10)11;/h2-6H,1H3,(H,11,12);2-3H,1H3;/q;-2;+2. The van der Waals surface area contributed by atoms with Gasteiger partial charge in [-0.05, 0) is 38.1 Å². The first-order chi connectivity index (χ1) is 12.8. The number of rotatable bonds is 2. The molecule has 0 atom stereocenters. The molecule has 0 saturated carbocycles. The summed E-state index contributed by atoms with van der Waals surface area (Å²) in [6, 6.07) is 10.2. The van der Waals surface area contributed by atoms with Gasteiger partial charge in [-0.15, -0.1) is 11.4 Å². The van der Waals surface area contributed by atoms with Crippen LogP contribution in [-0.4, -0.2) is 25.4 Å². The molecule has 0 fully saturated rings. The van der Waals surface area contributed by atoms with Crippen LogP contribution >= 0.6 is 0 Å². The van der Waals surface area contributed by atoms with Crippen LogP contribution < -0.4 is 10.2 Å². The van der Waals surface area contributed by atoms with E-state index in [9.17, 15) is 13.2 Å². The van der Waals surface area contributed by atoms with E-state index in [1.807, 2.05) is 31.2 Å². The number of aromatic nitrogens is 7. The van der Waals surface area contributed by atoms with E-state index in [0.29, 0.717) is 11.4 Å². The van der Waals surface area contributed by atoms with Crippen molar-refractivity contribution in [3.63, 3.8) is 0 Å². The van der Waals surface area contributed by atoms with Crippen LogP contribution in [0.4, 0.5) is 13.2 Å². The zero-order valence-electron chi connectivity index (χ0n) is 14.7. The minimum atomic E-state index is -4.47. The Bertz CT molecular complexity index is 1010. The summed E-state index contributed by atoms with van der Waals surface area (Å²) in [6.45, 7) is 3.66. The number of aryl methyl sites for hydroxylation is 2. The van der Waals surface area contributed by atoms with E-state index in [0.717, 1.165) is 23.1 Å². The van der Waals surface area contributed by atoms with Gasteiger partial charge in [0.15, 0.2) is 0 Å². The predicted molar refractivity (Wildman–Crippen MR) is 90.4 cm³/mol. The van der Waals surface area contributed by atoms with Gasteiger partial charge in [-0.2, -0.15) is 18.3 Å². The summed E-state index contributed by atoms with van der Waals surface area (Å²) in [5.41, 5.74) is 2.85. The quantitative estimate of drug-likeness (QED) is 0.400. The van der Waals surface area contributed by atoms with E-state index in [1.165, 1.54) is 0 Å². The number of H-pyrrole nitrogens is 1. The van der Waals surface area contributed by atoms with Gasteiger partial charge >= 0.3 is 27.2 Å². The van der Waals surface area contributed by atoms with Gasteiger partial charge in [0, 0.05) is 17.6 Å². The first-order valence-corrected chi connectivity index (χ1v) is 7.81. The second-order valence-corrected chi connectivity index (χ2v) is 5.63. The Labute approximate surface area is 172 Å². The Morgan fingerprint density at radius 2 is 1.64 bits per heavy atom. The predicted octanol–water partition coefficient (Wildman–Crippen LogP) is 3.16. The average molecular weight is 568 g/mol. The van der Waals surface area contributed by atoms with E-state index in [4.69, 9.17) is 0 Å². The molecule has 0 amide bonds. The molecule has 1 N–H and O–H groups in total. The molecule has 4 aromatic rings. The van der Waals surface area contributed by atoms with Crippen LogP contribution in [0.1, 0.15) is 17.1 Å². The molecular weight excluding hydrogens is 554 g/mol. The van der Waals surface area contributed by atoms with Crippen molar-refractivity contribution in [1.82, 2.24) is 35.6 Å². The number of nitrogens with zero attached hydrogens (tertiary/aromatic N) is 6. The smallest absolute Gasteiger partial charge is 0.576 e. The van der Waals surface area contributed by atoms with Crippen molar-refractivity contribution in [2.24, 2.45) is 0 Å². The fourth-order valence-corrected chi connectivity index (χ4v) is 2.14. The van der Waals surface area contributed by atoms with Crippen molar-refractivity contribution in [1.29, 1.82) is 0 Å². The molecule has 0 aliphatic rings. The van der Waals surface area contributed by atoms with Crippen LogP contribution in [0.15, 0.2) is 42.6 Å². The fourth-order valence-electron chi connectivity index (χ4n) is 2.14. The minimum Gasteiger partial charge on any atom is -0.576 e. The zero-order chi connectivity index (χ0) is 19.4. The van der Waals surface area contributed by atoms with Gasteiger partial charge in [0.2, 0.25) is 0 Å². The number of hydrogen-bond acceptors (Lipinski definition) is 4. The van der Waals surface area contributed by atoms with Gasteiger partial charge in [-0.25, -0.2) is 0 Å². The Morgan fingerprint density at radius 1 is 0.929 bits per heavy atom. The third-order valence-corrected chi connectivity index (χ3v) is 3.39. The number of nitrogens with one attached hydrogen (secondary N) is 1. The number of aromatic amines is 1. The second kappa shape index (κ2) is 8.97. The topological polar surface area (TPSA) is 95.6 Å². The normalized spacial score (nSPS) is 10.8. The van der Waals surface area contributed by atoms with Crippen molar-refractivity contribution in [2.45, 2.75) is 20.0 Å². The van der Waals surface area contributed by atoms with Gasteiger partial charge in [-0.1, -0.05) is 12.1 Å². The van der Waals surface area contributed by atoms with Crippen LogP contribution in [-0.2, 0) is 27.2 Å². The molecule has 0 bridgehead atoms. The molecule has 0 aliphatic heterocycles. The molecular formula is C17H14F3N7Pt. The second-order valence-electron chi connectivity index (χ2n) is 5.63. The molecule has 0 radical (unpaired) electrons. The average Bonchev–Trinajstić information content (AvgIpc) is 3.36. The van der Waals surface area contributed by atoms with E-state index < -0.39 is 11.9 Å². The van der Waals surface area contributed by atoms with Crippen LogP contribution in [0.3, 0.4) is 0 Å². The van der Waals surface area contributed by atoms with E-state index in [2.05, 4.69) is 35.6 Å². The number of halogens is 3. The summed E-state index contributed by atoms with van der Waals surface area (Å²) in [5, 5.41) is 20.7. The molecule has 4 heterocycles. The molecule has 0 aromatic carbocycles. The maximum atomic E-state index is 12.2. The van der Waals surface area contributed by atoms with Gasteiger partial charge < -0.3 is 20.4 Å². The van der Waals surface area contributed by atoms with Crippen molar-refractivity contribution < 1.29 is 34.2 Å². The molecule has 4 aromatic heterocycles. The Morgan fingerprint density at radius 3 is 2.14 bits per heavy atom. The third-order valence-electron chi connectivity index (χ3n) is 3.39. The van der Waals surface area contributed by atoms with Crippen molar-refractivity contribution in [3.05, 3.63) is 59.7 Å². The molecule has 7 nitrogen and oxygen atoms in total. The summed E-state index contributed by atoms with van der Waals surface area (Å²) in [7, 11) is 0. The minimum absolute atomic E-state index is 0. The zero-order valence-corrected chi connectivity index (χ0v) is 16.9. The van der Waals surface area contributed by atoms with Gasteiger partial charge in [0.05, 0.1) is 5.69 Å². The SMILES string of the molecule is Cc1cc(-c2cc(C(F)(F)F)n[n-]2)[n-]n1.Cc1cc(-c2ccccn2)n[nH]1.[Pt+2]. The fraction of sp³-hybridized carbons (Fsp3) is 0.176. The molecule has 0 spiro atoms. The first kappa shape index (κ1) is 21.6.